The molecule has 2 aromatic heterocycles. The minimum atomic E-state index is -0.792. The molecule has 0 aliphatic heterocycles. The fraction of sp³-hybridized carbons (Fsp3) is 0.200. The van der Waals surface area contributed by atoms with Crippen molar-refractivity contribution in [3.63, 3.8) is 0 Å². The molecule has 0 atom stereocenters. The number of nitrogens with one attached hydrogen (secondary N) is 1. The van der Waals surface area contributed by atoms with Gasteiger partial charge in [0.05, 0.1) is 10.7 Å². The third-order valence-electron chi connectivity index (χ3n) is 3.99. The Morgan fingerprint density at radius 2 is 1.83 bits per heavy atom. The van der Waals surface area contributed by atoms with Crippen LogP contribution in [0.3, 0.4) is 0 Å². The number of esters is 1. The van der Waals surface area contributed by atoms with Crippen LogP contribution in [0, 0.1) is 13.8 Å². The number of rotatable bonds is 6. The Hall–Kier alpha value is -2.90. The number of halogens is 2. The molecule has 0 spiro atoms. The molecule has 0 radical (unpaired) electrons. The van der Waals surface area contributed by atoms with Crippen LogP contribution in [-0.2, 0) is 16.1 Å². The molecular weight excluding hydrogens is 415 g/mol. The fourth-order valence-corrected chi connectivity index (χ4v) is 2.92. The van der Waals surface area contributed by atoms with Gasteiger partial charge in [0.15, 0.2) is 18.1 Å². The quantitative estimate of drug-likeness (QED) is 0.600. The van der Waals surface area contributed by atoms with Crippen molar-refractivity contribution in [2.45, 2.75) is 20.4 Å². The number of ether oxygens (including phenoxy) is 1. The van der Waals surface area contributed by atoms with Gasteiger partial charge in [0.25, 0.3) is 5.91 Å². The van der Waals surface area contributed by atoms with Gasteiger partial charge in [0.2, 0.25) is 0 Å². The van der Waals surface area contributed by atoms with Gasteiger partial charge in [-0.1, -0.05) is 35.3 Å². The van der Waals surface area contributed by atoms with E-state index in [0.717, 1.165) is 17.0 Å². The van der Waals surface area contributed by atoms with Crippen molar-refractivity contribution in [2.75, 3.05) is 6.61 Å². The van der Waals surface area contributed by atoms with E-state index in [1.807, 2.05) is 19.9 Å². The molecule has 1 amide bonds. The number of carbonyl (C=O) groups excluding carboxylic acids is 2. The molecule has 1 aromatic carbocycles. The number of carbonyl (C=O) groups is 2. The van der Waals surface area contributed by atoms with Crippen LogP contribution in [0.1, 0.15) is 27.4 Å². The Labute approximate surface area is 177 Å². The zero-order valence-corrected chi connectivity index (χ0v) is 17.3. The first-order chi connectivity index (χ1) is 13.8. The van der Waals surface area contributed by atoms with Gasteiger partial charge in [0, 0.05) is 17.3 Å². The lowest BCUT2D eigenvalue weighted by atomic mass is 10.2. The summed E-state index contributed by atoms with van der Waals surface area (Å²) in [5.41, 5.74) is 2.47. The highest BCUT2D eigenvalue weighted by atomic mass is 35.5. The van der Waals surface area contributed by atoms with Gasteiger partial charge in [-0.05, 0) is 49.7 Å². The molecule has 3 aromatic rings. The largest absolute Gasteiger partial charge is 0.451 e. The van der Waals surface area contributed by atoms with Crippen molar-refractivity contribution in [1.82, 2.24) is 20.1 Å². The van der Waals surface area contributed by atoms with E-state index in [-0.39, 0.29) is 10.7 Å². The van der Waals surface area contributed by atoms with E-state index in [4.69, 9.17) is 27.9 Å². The molecule has 7 nitrogen and oxygen atoms in total. The maximum atomic E-state index is 12.4. The summed E-state index contributed by atoms with van der Waals surface area (Å²) in [6.07, 6.45) is 0. The second-order valence-electron chi connectivity index (χ2n) is 6.32. The molecule has 0 bridgehead atoms. The lowest BCUT2D eigenvalue weighted by molar-refractivity contribution is -0.124. The second-order valence-corrected chi connectivity index (χ2v) is 7.16. The molecule has 0 aliphatic rings. The zero-order chi connectivity index (χ0) is 21.0. The smallest absolute Gasteiger partial charge is 0.359 e. The SMILES string of the molecule is Cc1cc(C)n(-c2ccc(Cl)c(C(=O)OCC(=O)NCc3ccc(Cl)cc3)n2)n1. The number of hydrogen-bond donors (Lipinski definition) is 1. The molecule has 2 heterocycles. The fourth-order valence-electron chi connectivity index (χ4n) is 2.61. The summed E-state index contributed by atoms with van der Waals surface area (Å²) in [6, 6.07) is 12.1. The topological polar surface area (TPSA) is 86.1 Å². The summed E-state index contributed by atoms with van der Waals surface area (Å²) >= 11 is 11.9. The summed E-state index contributed by atoms with van der Waals surface area (Å²) < 4.78 is 6.65. The number of aromatic nitrogens is 3. The van der Waals surface area contributed by atoms with E-state index in [9.17, 15) is 9.59 Å². The number of nitrogens with zero attached hydrogens (tertiary/aromatic N) is 3. The molecule has 0 saturated carbocycles. The molecule has 1 N–H and O–H groups in total. The molecule has 0 fully saturated rings. The van der Waals surface area contributed by atoms with Gasteiger partial charge < -0.3 is 10.1 Å². The van der Waals surface area contributed by atoms with Crippen LogP contribution in [0.4, 0.5) is 0 Å². The minimum Gasteiger partial charge on any atom is -0.451 e. The van der Waals surface area contributed by atoms with Gasteiger partial charge >= 0.3 is 5.97 Å². The predicted octanol–water partition coefficient (Wildman–Crippen LogP) is 3.66. The van der Waals surface area contributed by atoms with Gasteiger partial charge in [-0.3, -0.25) is 4.79 Å². The number of pyridine rings is 1. The molecule has 29 heavy (non-hydrogen) atoms. The van der Waals surface area contributed by atoms with Crippen molar-refractivity contribution >= 4 is 35.1 Å². The van der Waals surface area contributed by atoms with Crippen molar-refractivity contribution in [3.05, 3.63) is 75.2 Å². The highest BCUT2D eigenvalue weighted by molar-refractivity contribution is 6.33. The van der Waals surface area contributed by atoms with E-state index in [1.54, 1.807) is 35.0 Å². The first-order valence-corrected chi connectivity index (χ1v) is 9.47. The summed E-state index contributed by atoms with van der Waals surface area (Å²) in [6.45, 7) is 3.57. The van der Waals surface area contributed by atoms with Crippen LogP contribution < -0.4 is 5.32 Å². The van der Waals surface area contributed by atoms with E-state index >= 15 is 0 Å². The lowest BCUT2D eigenvalue weighted by Gasteiger charge is -2.09. The van der Waals surface area contributed by atoms with Crippen LogP contribution in [0.25, 0.3) is 5.82 Å². The second kappa shape index (κ2) is 9.07. The summed E-state index contributed by atoms with van der Waals surface area (Å²) in [5, 5.41) is 7.73. The third kappa shape index (κ3) is 5.34. The zero-order valence-electron chi connectivity index (χ0n) is 15.8. The molecule has 9 heteroatoms. The Morgan fingerprint density at radius 3 is 2.48 bits per heavy atom. The summed E-state index contributed by atoms with van der Waals surface area (Å²) in [5.74, 6) is -0.807. The average Bonchev–Trinajstić information content (AvgIpc) is 3.04. The van der Waals surface area contributed by atoms with Crippen molar-refractivity contribution in [1.29, 1.82) is 0 Å². The third-order valence-corrected chi connectivity index (χ3v) is 4.55. The Morgan fingerprint density at radius 1 is 1.10 bits per heavy atom. The summed E-state index contributed by atoms with van der Waals surface area (Å²) in [7, 11) is 0. The molecule has 0 saturated heterocycles. The number of hydrogen-bond acceptors (Lipinski definition) is 5. The first-order valence-electron chi connectivity index (χ1n) is 8.72. The molecule has 150 valence electrons. The first kappa shape index (κ1) is 20.8. The maximum absolute atomic E-state index is 12.4. The van der Waals surface area contributed by atoms with Gasteiger partial charge in [-0.15, -0.1) is 0 Å². The van der Waals surface area contributed by atoms with Crippen LogP contribution in [0.2, 0.25) is 10.0 Å². The predicted molar refractivity (Wildman–Crippen MR) is 109 cm³/mol. The molecule has 0 unspecified atom stereocenters. The monoisotopic (exact) mass is 432 g/mol. The lowest BCUT2D eigenvalue weighted by Crippen LogP contribution is -2.28. The van der Waals surface area contributed by atoms with Crippen molar-refractivity contribution in [3.8, 4) is 5.82 Å². The van der Waals surface area contributed by atoms with Gasteiger partial charge in [0.1, 0.15) is 0 Å². The Bertz CT molecular complexity index is 1050. The highest BCUT2D eigenvalue weighted by Gasteiger charge is 2.18. The molecule has 3 rings (SSSR count). The van der Waals surface area contributed by atoms with E-state index < -0.39 is 18.5 Å². The normalized spacial score (nSPS) is 10.6. The maximum Gasteiger partial charge on any atom is 0.359 e. The minimum absolute atomic E-state index is 0.0813. The molecular formula is C20H18Cl2N4O3. The van der Waals surface area contributed by atoms with Crippen LogP contribution in [-0.4, -0.2) is 33.2 Å². The van der Waals surface area contributed by atoms with Crippen LogP contribution >= 0.6 is 23.2 Å². The highest BCUT2D eigenvalue weighted by Crippen LogP contribution is 2.18. The summed E-state index contributed by atoms with van der Waals surface area (Å²) in [4.78, 5) is 28.6. The Balaban J connectivity index is 1.61. The van der Waals surface area contributed by atoms with Crippen LogP contribution in [0.15, 0.2) is 42.5 Å². The molecule has 0 aliphatic carbocycles. The Kier molecular flexibility index (Phi) is 6.51. The van der Waals surface area contributed by atoms with Crippen LogP contribution in [0.5, 0.6) is 0 Å². The van der Waals surface area contributed by atoms with E-state index in [2.05, 4.69) is 15.4 Å². The number of amides is 1. The number of aryl methyl sites for hydroxylation is 2. The average molecular weight is 433 g/mol. The standard InChI is InChI=1S/C20H18Cl2N4O3/c1-12-9-13(2)26(25-12)17-8-7-16(22)19(24-17)20(28)29-11-18(27)23-10-14-3-5-15(21)6-4-14/h3-9H,10-11H2,1-2H3,(H,23,27). The van der Waals surface area contributed by atoms with Crippen molar-refractivity contribution in [2.24, 2.45) is 0 Å². The number of benzene rings is 1. The van der Waals surface area contributed by atoms with Gasteiger partial charge in [-0.2, -0.15) is 5.10 Å². The van der Waals surface area contributed by atoms with E-state index in [1.165, 1.54) is 6.07 Å². The van der Waals surface area contributed by atoms with E-state index in [0.29, 0.717) is 17.4 Å². The van der Waals surface area contributed by atoms with Crippen molar-refractivity contribution < 1.29 is 14.3 Å². The van der Waals surface area contributed by atoms with Gasteiger partial charge in [-0.25, -0.2) is 14.5 Å².